The molecule has 0 aromatic heterocycles. The molecular formula is C18H26BrIN2O2. The van der Waals surface area contributed by atoms with E-state index in [4.69, 9.17) is 5.73 Å². The van der Waals surface area contributed by atoms with Gasteiger partial charge in [-0.3, -0.25) is 9.59 Å². The standard InChI is InChI=1S/C11H20N2O2.C7H6BrI/c1-2-3-6-9(14)13-11(10(12)15)7-4-5-8-11;8-5-6-1-3-7(9)4-2-6/h2-8H2,1H3,(H2,12,15)(H,13,14);1-4H,5H2. The van der Waals surface area contributed by atoms with E-state index in [1.165, 1.54) is 9.13 Å². The highest BCUT2D eigenvalue weighted by atomic mass is 127. The lowest BCUT2D eigenvalue weighted by atomic mass is 9.96. The van der Waals surface area contributed by atoms with Gasteiger partial charge in [-0.15, -0.1) is 0 Å². The summed E-state index contributed by atoms with van der Waals surface area (Å²) in [5.41, 5.74) is 5.94. The van der Waals surface area contributed by atoms with Crippen LogP contribution in [0.3, 0.4) is 0 Å². The number of rotatable bonds is 6. The normalized spacial score (nSPS) is 15.3. The minimum Gasteiger partial charge on any atom is -0.368 e. The van der Waals surface area contributed by atoms with Crippen molar-refractivity contribution in [1.82, 2.24) is 5.32 Å². The van der Waals surface area contributed by atoms with Crippen molar-refractivity contribution in [2.45, 2.75) is 62.7 Å². The fraction of sp³-hybridized carbons (Fsp3) is 0.556. The van der Waals surface area contributed by atoms with E-state index in [1.54, 1.807) is 0 Å². The van der Waals surface area contributed by atoms with Crippen molar-refractivity contribution >= 4 is 50.3 Å². The molecule has 1 aliphatic rings. The first-order valence-electron chi connectivity index (χ1n) is 8.35. The number of primary amides is 1. The Kier molecular flexibility index (Phi) is 9.88. The van der Waals surface area contributed by atoms with Crippen molar-refractivity contribution in [3.63, 3.8) is 0 Å². The summed E-state index contributed by atoms with van der Waals surface area (Å²) in [6.45, 7) is 2.03. The summed E-state index contributed by atoms with van der Waals surface area (Å²) in [7, 11) is 0. The molecule has 1 fully saturated rings. The number of hydrogen-bond donors (Lipinski definition) is 2. The Hall–Kier alpha value is -0.630. The van der Waals surface area contributed by atoms with Crippen molar-refractivity contribution < 1.29 is 9.59 Å². The zero-order valence-electron chi connectivity index (χ0n) is 14.1. The van der Waals surface area contributed by atoms with E-state index < -0.39 is 5.54 Å². The number of halogens is 2. The summed E-state index contributed by atoms with van der Waals surface area (Å²) < 4.78 is 1.29. The monoisotopic (exact) mass is 508 g/mol. The third-order valence-electron chi connectivity index (χ3n) is 4.13. The van der Waals surface area contributed by atoms with Crippen molar-refractivity contribution in [2.75, 3.05) is 0 Å². The van der Waals surface area contributed by atoms with E-state index in [0.717, 1.165) is 31.0 Å². The van der Waals surface area contributed by atoms with E-state index in [-0.39, 0.29) is 11.8 Å². The predicted octanol–water partition coefficient (Wildman–Crippen LogP) is 4.28. The highest BCUT2D eigenvalue weighted by Gasteiger charge is 2.40. The lowest BCUT2D eigenvalue weighted by Gasteiger charge is -2.26. The van der Waals surface area contributed by atoms with Crippen molar-refractivity contribution in [1.29, 1.82) is 0 Å². The SMILES string of the molecule is BrCc1ccc(I)cc1.CCCCC(=O)NC1(C(N)=O)CCCC1. The number of hydrogen-bond acceptors (Lipinski definition) is 2. The Bertz CT molecular complexity index is 528. The Morgan fingerprint density at radius 2 is 1.83 bits per heavy atom. The molecular weight excluding hydrogens is 483 g/mol. The summed E-state index contributed by atoms with van der Waals surface area (Å²) in [6.07, 6.45) is 5.66. The summed E-state index contributed by atoms with van der Waals surface area (Å²) in [5, 5.41) is 3.76. The van der Waals surface area contributed by atoms with Crippen LogP contribution >= 0.6 is 38.5 Å². The number of benzene rings is 1. The Morgan fingerprint density at radius 3 is 2.29 bits per heavy atom. The molecule has 4 nitrogen and oxygen atoms in total. The largest absolute Gasteiger partial charge is 0.368 e. The molecule has 24 heavy (non-hydrogen) atoms. The van der Waals surface area contributed by atoms with Crippen LogP contribution in [0.5, 0.6) is 0 Å². The van der Waals surface area contributed by atoms with Crippen molar-refractivity contribution in [2.24, 2.45) is 5.73 Å². The number of unbranched alkanes of at least 4 members (excludes halogenated alkanes) is 1. The minimum absolute atomic E-state index is 0.0439. The summed E-state index contributed by atoms with van der Waals surface area (Å²) in [4.78, 5) is 22.9. The molecule has 0 aliphatic heterocycles. The zero-order valence-corrected chi connectivity index (χ0v) is 17.9. The molecule has 1 aromatic rings. The Morgan fingerprint density at radius 1 is 1.25 bits per heavy atom. The second-order valence-electron chi connectivity index (χ2n) is 6.07. The topological polar surface area (TPSA) is 72.2 Å². The highest BCUT2D eigenvalue weighted by molar-refractivity contribution is 14.1. The highest BCUT2D eigenvalue weighted by Crippen LogP contribution is 2.29. The summed E-state index contributed by atoms with van der Waals surface area (Å²) in [6, 6.07) is 8.46. The van der Waals surface area contributed by atoms with Gasteiger partial charge >= 0.3 is 0 Å². The summed E-state index contributed by atoms with van der Waals surface area (Å²) >= 11 is 5.68. The van der Waals surface area contributed by atoms with Crippen LogP contribution in [0.1, 0.15) is 57.4 Å². The second-order valence-corrected chi connectivity index (χ2v) is 7.87. The quantitative estimate of drug-likeness (QED) is 0.444. The van der Waals surface area contributed by atoms with Gasteiger partial charge in [0, 0.05) is 15.3 Å². The number of alkyl halides is 1. The predicted molar refractivity (Wildman–Crippen MR) is 110 cm³/mol. The molecule has 0 saturated heterocycles. The molecule has 1 saturated carbocycles. The van der Waals surface area contributed by atoms with E-state index in [9.17, 15) is 9.59 Å². The van der Waals surface area contributed by atoms with Crippen LogP contribution in [-0.4, -0.2) is 17.4 Å². The van der Waals surface area contributed by atoms with Crippen LogP contribution in [0.15, 0.2) is 24.3 Å². The van der Waals surface area contributed by atoms with E-state index in [0.29, 0.717) is 19.3 Å². The maximum atomic E-state index is 11.5. The maximum absolute atomic E-state index is 11.5. The first-order valence-corrected chi connectivity index (χ1v) is 10.5. The van der Waals surface area contributed by atoms with Gasteiger partial charge in [-0.1, -0.05) is 54.2 Å². The van der Waals surface area contributed by atoms with Gasteiger partial charge in [0.15, 0.2) is 0 Å². The number of nitrogens with one attached hydrogen (secondary N) is 1. The van der Waals surface area contributed by atoms with Crippen LogP contribution in [0, 0.1) is 3.57 Å². The van der Waals surface area contributed by atoms with Gasteiger partial charge < -0.3 is 11.1 Å². The van der Waals surface area contributed by atoms with Gasteiger partial charge in [0.05, 0.1) is 0 Å². The summed E-state index contributed by atoms with van der Waals surface area (Å²) in [5.74, 6) is -0.428. The molecule has 0 radical (unpaired) electrons. The molecule has 134 valence electrons. The molecule has 0 unspecified atom stereocenters. The smallest absolute Gasteiger partial charge is 0.243 e. The molecule has 1 aliphatic carbocycles. The van der Waals surface area contributed by atoms with Gasteiger partial charge in [0.25, 0.3) is 0 Å². The van der Waals surface area contributed by atoms with Crippen LogP contribution in [0.2, 0.25) is 0 Å². The average Bonchev–Trinajstić information content (AvgIpc) is 3.04. The molecule has 6 heteroatoms. The van der Waals surface area contributed by atoms with Crippen LogP contribution in [-0.2, 0) is 14.9 Å². The van der Waals surface area contributed by atoms with Gasteiger partial charge in [-0.25, -0.2) is 0 Å². The van der Waals surface area contributed by atoms with Gasteiger partial charge in [0.2, 0.25) is 11.8 Å². The first-order chi connectivity index (χ1) is 11.4. The molecule has 1 aromatic carbocycles. The second kappa shape index (κ2) is 11.1. The van der Waals surface area contributed by atoms with Crippen LogP contribution in [0.4, 0.5) is 0 Å². The van der Waals surface area contributed by atoms with Crippen molar-refractivity contribution in [3.05, 3.63) is 33.4 Å². The third-order valence-corrected chi connectivity index (χ3v) is 5.50. The van der Waals surface area contributed by atoms with E-state index >= 15 is 0 Å². The van der Waals surface area contributed by atoms with Gasteiger partial charge in [-0.2, -0.15) is 0 Å². The van der Waals surface area contributed by atoms with Crippen LogP contribution in [0.25, 0.3) is 0 Å². The lowest BCUT2D eigenvalue weighted by molar-refractivity contribution is -0.131. The first kappa shape index (κ1) is 21.4. The molecule has 2 amide bonds. The third kappa shape index (κ3) is 7.09. The zero-order chi connectivity index (χ0) is 18.0. The molecule has 0 atom stereocenters. The average molecular weight is 509 g/mol. The molecule has 0 heterocycles. The number of carbonyl (C=O) groups excluding carboxylic acids is 2. The number of amides is 2. The van der Waals surface area contributed by atoms with E-state index in [1.807, 2.05) is 6.92 Å². The number of nitrogens with two attached hydrogens (primary N) is 1. The fourth-order valence-corrected chi connectivity index (χ4v) is 3.39. The van der Waals surface area contributed by atoms with Crippen molar-refractivity contribution in [3.8, 4) is 0 Å². The minimum atomic E-state index is -0.745. The molecule has 0 spiro atoms. The van der Waals surface area contributed by atoms with Crippen LogP contribution < -0.4 is 11.1 Å². The van der Waals surface area contributed by atoms with Gasteiger partial charge in [-0.05, 0) is 59.5 Å². The lowest BCUT2D eigenvalue weighted by Crippen LogP contribution is -2.55. The molecule has 2 rings (SSSR count). The molecule has 3 N–H and O–H groups in total. The van der Waals surface area contributed by atoms with E-state index in [2.05, 4.69) is 68.1 Å². The number of carbonyl (C=O) groups is 2. The fourth-order valence-electron chi connectivity index (χ4n) is 2.65. The maximum Gasteiger partial charge on any atom is 0.243 e. The Labute approximate surface area is 166 Å². The Balaban J connectivity index is 0.000000272. The van der Waals surface area contributed by atoms with Gasteiger partial charge in [0.1, 0.15) is 5.54 Å². The molecule has 0 bridgehead atoms.